The number of ether oxygens (including phenoxy) is 4. The Kier molecular flexibility index (Phi) is 8.16. The van der Waals surface area contributed by atoms with Crippen LogP contribution in [-0.2, 0) is 11.0 Å². The van der Waals surface area contributed by atoms with E-state index in [4.69, 9.17) is 24.7 Å². The second-order valence-corrected chi connectivity index (χ2v) is 6.48. The van der Waals surface area contributed by atoms with Crippen LogP contribution in [0.2, 0.25) is 0 Å². The lowest BCUT2D eigenvalue weighted by molar-refractivity contribution is -0.137. The molecule has 32 heavy (non-hydrogen) atoms. The van der Waals surface area contributed by atoms with E-state index in [2.05, 4.69) is 5.32 Å². The van der Waals surface area contributed by atoms with Crippen molar-refractivity contribution in [2.24, 2.45) is 5.73 Å². The first kappa shape index (κ1) is 24.6. The quantitative estimate of drug-likeness (QED) is 0.565. The Morgan fingerprint density at radius 2 is 1.62 bits per heavy atom. The average Bonchev–Trinajstić information content (AvgIpc) is 2.75. The summed E-state index contributed by atoms with van der Waals surface area (Å²) in [5.74, 6) is -1.24. The Bertz CT molecular complexity index is 953. The van der Waals surface area contributed by atoms with Gasteiger partial charge in [-0.15, -0.1) is 0 Å². The first-order valence-electron chi connectivity index (χ1n) is 9.43. The van der Waals surface area contributed by atoms with Crippen molar-refractivity contribution in [3.63, 3.8) is 0 Å². The zero-order valence-electron chi connectivity index (χ0n) is 17.7. The maximum Gasteiger partial charge on any atom is 0.416 e. The van der Waals surface area contributed by atoms with Crippen molar-refractivity contribution in [3.05, 3.63) is 41.5 Å². The molecule has 2 rings (SSSR count). The van der Waals surface area contributed by atoms with Crippen LogP contribution in [0.4, 0.5) is 18.9 Å². The minimum absolute atomic E-state index is 0.00368. The highest BCUT2D eigenvalue weighted by atomic mass is 19.4. The van der Waals surface area contributed by atoms with Gasteiger partial charge in [0.25, 0.3) is 11.8 Å². The molecule has 0 unspecified atom stereocenters. The zero-order valence-corrected chi connectivity index (χ0v) is 17.7. The topological polar surface area (TPSA) is 109 Å². The number of halogens is 3. The summed E-state index contributed by atoms with van der Waals surface area (Å²) < 4.78 is 60.6. The highest BCUT2D eigenvalue weighted by molar-refractivity contribution is 6.06. The fourth-order valence-corrected chi connectivity index (χ4v) is 2.63. The summed E-state index contributed by atoms with van der Waals surface area (Å²) in [4.78, 5) is 23.9. The molecule has 8 nitrogen and oxygen atoms in total. The first-order valence-corrected chi connectivity index (χ1v) is 9.43. The summed E-state index contributed by atoms with van der Waals surface area (Å²) in [7, 11) is 2.61. The van der Waals surface area contributed by atoms with E-state index < -0.39 is 30.2 Å². The second kappa shape index (κ2) is 10.6. The second-order valence-electron chi connectivity index (χ2n) is 6.48. The monoisotopic (exact) mass is 456 g/mol. The number of hydrogen-bond donors (Lipinski definition) is 2. The van der Waals surface area contributed by atoms with Gasteiger partial charge in [-0.3, -0.25) is 9.59 Å². The zero-order chi connectivity index (χ0) is 23.9. The Morgan fingerprint density at radius 1 is 1.00 bits per heavy atom. The minimum atomic E-state index is -4.60. The van der Waals surface area contributed by atoms with Crippen LogP contribution in [0.3, 0.4) is 0 Å². The smallest absolute Gasteiger partial charge is 0.416 e. The standard InChI is InChI=1S/C21H23F3N2O6/c1-4-7-31-15-6-5-13(21(22,23)24)10-14(15)26-20(28)12-8-16(29-2)19(17(9-12)30-3)32-11-18(25)27/h5-6,8-10H,4,7,11H2,1-3H3,(H2,25,27)(H,26,28). The molecule has 0 bridgehead atoms. The largest absolute Gasteiger partial charge is 0.493 e. The van der Waals surface area contributed by atoms with Crippen molar-refractivity contribution < 1.29 is 41.7 Å². The number of carbonyl (C=O) groups is 2. The van der Waals surface area contributed by atoms with Crippen molar-refractivity contribution in [1.29, 1.82) is 0 Å². The molecule has 0 radical (unpaired) electrons. The van der Waals surface area contributed by atoms with Gasteiger partial charge < -0.3 is 30.0 Å². The SMILES string of the molecule is CCCOc1ccc(C(F)(F)F)cc1NC(=O)c1cc(OC)c(OCC(N)=O)c(OC)c1. The lowest BCUT2D eigenvalue weighted by Crippen LogP contribution is -2.20. The third-order valence-corrected chi connectivity index (χ3v) is 4.10. The van der Waals surface area contributed by atoms with E-state index in [-0.39, 0.29) is 40.9 Å². The van der Waals surface area contributed by atoms with E-state index in [0.717, 1.165) is 18.2 Å². The molecule has 3 N–H and O–H groups in total. The van der Waals surface area contributed by atoms with Crippen LogP contribution in [0.1, 0.15) is 29.3 Å². The number of anilines is 1. The van der Waals surface area contributed by atoms with Gasteiger partial charge in [0, 0.05) is 5.56 Å². The van der Waals surface area contributed by atoms with E-state index >= 15 is 0 Å². The first-order chi connectivity index (χ1) is 15.1. The van der Waals surface area contributed by atoms with E-state index in [1.165, 1.54) is 26.4 Å². The number of hydrogen-bond acceptors (Lipinski definition) is 6. The summed E-state index contributed by atoms with van der Waals surface area (Å²) in [6.45, 7) is 1.63. The number of nitrogens with one attached hydrogen (secondary N) is 1. The van der Waals surface area contributed by atoms with Crippen LogP contribution in [0.15, 0.2) is 30.3 Å². The Labute approximate surface area is 182 Å². The van der Waals surface area contributed by atoms with E-state index in [0.29, 0.717) is 6.42 Å². The number of primary amides is 1. The molecule has 0 saturated carbocycles. The van der Waals surface area contributed by atoms with Crippen LogP contribution >= 0.6 is 0 Å². The summed E-state index contributed by atoms with van der Waals surface area (Å²) in [5.41, 5.74) is 3.99. The number of rotatable bonds is 10. The van der Waals surface area contributed by atoms with Crippen LogP contribution in [0.5, 0.6) is 23.0 Å². The maximum atomic E-state index is 13.1. The molecule has 0 saturated heterocycles. The number of amides is 2. The van der Waals surface area contributed by atoms with Gasteiger partial charge in [0.05, 0.1) is 32.1 Å². The summed E-state index contributed by atoms with van der Waals surface area (Å²) >= 11 is 0. The minimum Gasteiger partial charge on any atom is -0.493 e. The number of methoxy groups -OCH3 is 2. The number of nitrogens with two attached hydrogens (primary N) is 1. The van der Waals surface area contributed by atoms with Gasteiger partial charge in [-0.05, 0) is 36.8 Å². The van der Waals surface area contributed by atoms with Crippen LogP contribution in [0, 0.1) is 0 Å². The molecule has 2 aromatic rings. The third-order valence-electron chi connectivity index (χ3n) is 4.10. The van der Waals surface area contributed by atoms with E-state index in [9.17, 15) is 22.8 Å². The average molecular weight is 456 g/mol. The molecule has 0 atom stereocenters. The summed E-state index contributed by atoms with van der Waals surface area (Å²) in [6.07, 6.45) is -3.98. The van der Waals surface area contributed by atoms with Gasteiger partial charge in [0.1, 0.15) is 5.75 Å². The van der Waals surface area contributed by atoms with Crippen molar-refractivity contribution in [2.45, 2.75) is 19.5 Å². The molecule has 0 spiro atoms. The molecule has 0 aliphatic rings. The fraction of sp³-hybridized carbons (Fsp3) is 0.333. The van der Waals surface area contributed by atoms with Crippen molar-refractivity contribution >= 4 is 17.5 Å². The van der Waals surface area contributed by atoms with Gasteiger partial charge in [0.2, 0.25) is 5.75 Å². The van der Waals surface area contributed by atoms with Gasteiger partial charge in [-0.1, -0.05) is 6.92 Å². The van der Waals surface area contributed by atoms with Gasteiger partial charge in [-0.2, -0.15) is 13.2 Å². The predicted octanol–water partition coefficient (Wildman–Crippen LogP) is 3.63. The number of benzene rings is 2. The van der Waals surface area contributed by atoms with Crippen LogP contribution in [0.25, 0.3) is 0 Å². The molecule has 2 aromatic carbocycles. The molecule has 0 aromatic heterocycles. The lowest BCUT2D eigenvalue weighted by atomic mass is 10.1. The van der Waals surface area contributed by atoms with E-state index in [1.54, 1.807) is 0 Å². The molecule has 0 heterocycles. The Hall–Kier alpha value is -3.63. The summed E-state index contributed by atoms with van der Waals surface area (Å²) in [5, 5.41) is 2.43. The molecule has 2 amide bonds. The molecule has 174 valence electrons. The van der Waals surface area contributed by atoms with Crippen molar-refractivity contribution in [1.82, 2.24) is 0 Å². The Morgan fingerprint density at radius 3 is 2.12 bits per heavy atom. The normalized spacial score (nSPS) is 10.9. The van der Waals surface area contributed by atoms with E-state index in [1.807, 2.05) is 6.92 Å². The molecule has 0 aliphatic heterocycles. The van der Waals surface area contributed by atoms with Crippen LogP contribution < -0.4 is 30.0 Å². The fourth-order valence-electron chi connectivity index (χ4n) is 2.63. The Balaban J connectivity index is 2.42. The van der Waals surface area contributed by atoms with Crippen molar-refractivity contribution in [2.75, 3.05) is 32.8 Å². The number of alkyl halides is 3. The van der Waals surface area contributed by atoms with Crippen molar-refractivity contribution in [3.8, 4) is 23.0 Å². The lowest BCUT2D eigenvalue weighted by Gasteiger charge is -2.17. The predicted molar refractivity (Wildman–Crippen MR) is 109 cm³/mol. The number of carbonyl (C=O) groups excluding carboxylic acids is 2. The molecule has 11 heteroatoms. The molecule has 0 aliphatic carbocycles. The van der Waals surface area contributed by atoms with Gasteiger partial charge in [-0.25, -0.2) is 0 Å². The molecule has 0 fully saturated rings. The molecular formula is C21H23F3N2O6. The van der Waals surface area contributed by atoms with Crippen LogP contribution in [-0.4, -0.2) is 39.2 Å². The highest BCUT2D eigenvalue weighted by Crippen LogP contribution is 2.39. The highest BCUT2D eigenvalue weighted by Gasteiger charge is 2.31. The molecular weight excluding hydrogens is 433 g/mol. The maximum absolute atomic E-state index is 13.1. The summed E-state index contributed by atoms with van der Waals surface area (Å²) in [6, 6.07) is 5.39. The van der Waals surface area contributed by atoms with Gasteiger partial charge in [0.15, 0.2) is 18.1 Å². The van der Waals surface area contributed by atoms with Gasteiger partial charge >= 0.3 is 6.18 Å². The third kappa shape index (κ3) is 6.19.